The van der Waals surface area contributed by atoms with Crippen molar-refractivity contribution in [2.45, 2.75) is 38.6 Å². The highest BCUT2D eigenvalue weighted by molar-refractivity contribution is 9.11. The van der Waals surface area contributed by atoms with Gasteiger partial charge in [0.1, 0.15) is 0 Å². The Morgan fingerprint density at radius 3 is 2.67 bits per heavy atom. The molecule has 1 saturated carbocycles. The topological polar surface area (TPSA) is 29.1 Å². The molecule has 2 nitrogen and oxygen atoms in total. The normalized spacial score (nSPS) is 17.7. The van der Waals surface area contributed by atoms with Gasteiger partial charge in [0.25, 0.3) is 5.91 Å². The van der Waals surface area contributed by atoms with Gasteiger partial charge in [-0.25, -0.2) is 0 Å². The smallest absolute Gasteiger partial charge is 0.252 e. The monoisotopic (exact) mass is 373 g/mol. The summed E-state index contributed by atoms with van der Waals surface area (Å²) < 4.78 is 1.76. The molecule has 1 N–H and O–H groups in total. The largest absolute Gasteiger partial charge is 0.349 e. The lowest BCUT2D eigenvalue weighted by Crippen LogP contribution is -2.37. The molecule has 1 atom stereocenters. The van der Waals surface area contributed by atoms with Gasteiger partial charge < -0.3 is 5.32 Å². The summed E-state index contributed by atoms with van der Waals surface area (Å²) in [6.07, 6.45) is 5.07. The predicted octanol–water partition coefficient (Wildman–Crippen LogP) is 4.52. The molecule has 0 heterocycles. The summed E-state index contributed by atoms with van der Waals surface area (Å²) in [5, 5.41) is 3.12. The molecule has 0 radical (unpaired) electrons. The second-order valence-corrected chi connectivity index (χ2v) is 6.70. The number of carbonyl (C=O) groups excluding carboxylic acids is 1. The number of benzene rings is 1. The minimum absolute atomic E-state index is 0.00238. The van der Waals surface area contributed by atoms with Crippen LogP contribution in [0.4, 0.5) is 0 Å². The summed E-state index contributed by atoms with van der Waals surface area (Å²) in [6, 6.07) is 5.91. The number of carbonyl (C=O) groups is 1. The van der Waals surface area contributed by atoms with Crippen LogP contribution in [-0.4, -0.2) is 11.9 Å². The van der Waals surface area contributed by atoms with E-state index in [1.165, 1.54) is 25.7 Å². The number of rotatable bonds is 3. The van der Waals surface area contributed by atoms with Gasteiger partial charge >= 0.3 is 0 Å². The lowest BCUT2D eigenvalue weighted by atomic mass is 9.99. The summed E-state index contributed by atoms with van der Waals surface area (Å²) in [5.74, 6) is 0.641. The molecule has 98 valence electrons. The van der Waals surface area contributed by atoms with Crippen molar-refractivity contribution in [2.75, 3.05) is 0 Å². The number of nitrogens with one attached hydrogen (secondary N) is 1. The average Bonchev–Trinajstić information content (AvgIpc) is 2.85. The van der Waals surface area contributed by atoms with Crippen molar-refractivity contribution in [1.82, 2.24) is 5.32 Å². The van der Waals surface area contributed by atoms with E-state index in [2.05, 4.69) is 44.1 Å². The van der Waals surface area contributed by atoms with Crippen LogP contribution in [0.2, 0.25) is 0 Å². The minimum atomic E-state index is 0.00238. The number of halogens is 2. The van der Waals surface area contributed by atoms with E-state index in [9.17, 15) is 4.79 Å². The van der Waals surface area contributed by atoms with Crippen LogP contribution >= 0.6 is 31.9 Å². The molecule has 1 aliphatic rings. The van der Waals surface area contributed by atoms with Crippen LogP contribution < -0.4 is 5.32 Å². The molecule has 0 aliphatic heterocycles. The molecule has 0 aromatic heterocycles. The molecule has 2 rings (SSSR count). The first-order valence-corrected chi connectivity index (χ1v) is 7.92. The van der Waals surface area contributed by atoms with Crippen LogP contribution in [0, 0.1) is 5.92 Å². The zero-order chi connectivity index (χ0) is 13.1. The van der Waals surface area contributed by atoms with Gasteiger partial charge in [-0.3, -0.25) is 4.79 Å². The molecular weight excluding hydrogens is 358 g/mol. The zero-order valence-electron chi connectivity index (χ0n) is 10.4. The van der Waals surface area contributed by atoms with Gasteiger partial charge in [-0.15, -0.1) is 0 Å². The van der Waals surface area contributed by atoms with Crippen molar-refractivity contribution in [1.29, 1.82) is 0 Å². The molecule has 1 amide bonds. The third-order valence-corrected chi connectivity index (χ3v) is 4.82. The second kappa shape index (κ2) is 6.20. The third kappa shape index (κ3) is 3.35. The fraction of sp³-hybridized carbons (Fsp3) is 0.500. The maximum absolute atomic E-state index is 12.2. The molecule has 1 aromatic rings. The minimum Gasteiger partial charge on any atom is -0.349 e. The summed E-state index contributed by atoms with van der Waals surface area (Å²) in [5.41, 5.74) is 0.689. The Hall–Kier alpha value is -0.350. The third-order valence-electron chi connectivity index (χ3n) is 3.64. The molecule has 0 bridgehead atoms. The Labute approximate surface area is 125 Å². The van der Waals surface area contributed by atoms with Gasteiger partial charge in [-0.1, -0.05) is 28.8 Å². The van der Waals surface area contributed by atoms with Gasteiger partial charge in [-0.05, 0) is 59.8 Å². The summed E-state index contributed by atoms with van der Waals surface area (Å²) >= 11 is 6.82. The average molecular weight is 375 g/mol. The van der Waals surface area contributed by atoms with Gasteiger partial charge in [0.05, 0.1) is 5.56 Å². The predicted molar refractivity (Wildman–Crippen MR) is 80.7 cm³/mol. The SMILES string of the molecule is CC(NC(=O)c1cc(Br)ccc1Br)C1CCCC1. The summed E-state index contributed by atoms with van der Waals surface area (Å²) in [6.45, 7) is 2.11. The van der Waals surface area contributed by atoms with Gasteiger partial charge in [-0.2, -0.15) is 0 Å². The fourth-order valence-electron chi connectivity index (χ4n) is 2.53. The van der Waals surface area contributed by atoms with Crippen LogP contribution in [-0.2, 0) is 0 Å². The van der Waals surface area contributed by atoms with E-state index in [1.54, 1.807) is 0 Å². The van der Waals surface area contributed by atoms with Crippen molar-refractivity contribution in [3.63, 3.8) is 0 Å². The molecule has 1 fully saturated rings. The number of hydrogen-bond acceptors (Lipinski definition) is 1. The lowest BCUT2D eigenvalue weighted by molar-refractivity contribution is 0.0926. The van der Waals surface area contributed by atoms with Crippen molar-refractivity contribution in [2.24, 2.45) is 5.92 Å². The van der Waals surface area contributed by atoms with Crippen LogP contribution in [0.3, 0.4) is 0 Å². The van der Waals surface area contributed by atoms with E-state index in [0.29, 0.717) is 11.5 Å². The Bertz CT molecular complexity index is 441. The number of amides is 1. The van der Waals surface area contributed by atoms with E-state index in [-0.39, 0.29) is 11.9 Å². The molecule has 1 aromatic carbocycles. The molecule has 1 unspecified atom stereocenters. The highest BCUT2D eigenvalue weighted by atomic mass is 79.9. The molecule has 4 heteroatoms. The second-order valence-electron chi connectivity index (χ2n) is 4.93. The van der Waals surface area contributed by atoms with E-state index < -0.39 is 0 Å². The van der Waals surface area contributed by atoms with E-state index in [1.807, 2.05) is 18.2 Å². The fourth-order valence-corrected chi connectivity index (χ4v) is 3.32. The summed E-state index contributed by atoms with van der Waals surface area (Å²) in [7, 11) is 0. The van der Waals surface area contributed by atoms with Gasteiger partial charge in [0.15, 0.2) is 0 Å². The van der Waals surface area contributed by atoms with Crippen LogP contribution in [0.5, 0.6) is 0 Å². The first-order valence-electron chi connectivity index (χ1n) is 6.34. The van der Waals surface area contributed by atoms with E-state index in [4.69, 9.17) is 0 Å². The Morgan fingerprint density at radius 1 is 1.33 bits per heavy atom. The highest BCUT2D eigenvalue weighted by Crippen LogP contribution is 2.28. The van der Waals surface area contributed by atoms with Gasteiger partial charge in [0, 0.05) is 15.0 Å². The summed E-state index contributed by atoms with van der Waals surface area (Å²) in [4.78, 5) is 12.2. The van der Waals surface area contributed by atoms with Crippen LogP contribution in [0.25, 0.3) is 0 Å². The molecule has 18 heavy (non-hydrogen) atoms. The van der Waals surface area contributed by atoms with Crippen molar-refractivity contribution in [3.8, 4) is 0 Å². The Kier molecular flexibility index (Phi) is 4.84. The van der Waals surface area contributed by atoms with E-state index >= 15 is 0 Å². The molecular formula is C14H17Br2NO. The Balaban J connectivity index is 2.04. The number of hydrogen-bond donors (Lipinski definition) is 1. The van der Waals surface area contributed by atoms with Gasteiger partial charge in [0.2, 0.25) is 0 Å². The van der Waals surface area contributed by atoms with Crippen LogP contribution in [0.1, 0.15) is 43.0 Å². The molecule has 0 spiro atoms. The first-order chi connectivity index (χ1) is 8.58. The van der Waals surface area contributed by atoms with Crippen molar-refractivity contribution in [3.05, 3.63) is 32.7 Å². The first kappa shape index (κ1) is 14.1. The maximum Gasteiger partial charge on any atom is 0.252 e. The van der Waals surface area contributed by atoms with Crippen LogP contribution in [0.15, 0.2) is 27.1 Å². The molecule has 0 saturated heterocycles. The van der Waals surface area contributed by atoms with E-state index in [0.717, 1.165) is 8.95 Å². The standard InChI is InChI=1S/C14H17Br2NO/c1-9(10-4-2-3-5-10)17-14(18)12-8-11(15)6-7-13(12)16/h6-10H,2-5H2,1H3,(H,17,18). The lowest BCUT2D eigenvalue weighted by Gasteiger charge is -2.20. The van der Waals surface area contributed by atoms with Crippen molar-refractivity contribution < 1.29 is 4.79 Å². The highest BCUT2D eigenvalue weighted by Gasteiger charge is 2.23. The molecule has 1 aliphatic carbocycles. The quantitative estimate of drug-likeness (QED) is 0.827. The maximum atomic E-state index is 12.2. The zero-order valence-corrected chi connectivity index (χ0v) is 13.6. The van der Waals surface area contributed by atoms with Crippen molar-refractivity contribution >= 4 is 37.8 Å². The Morgan fingerprint density at radius 2 is 2.00 bits per heavy atom.